The Balaban J connectivity index is 0.000000243. The molecule has 5 heteroatoms. The van der Waals surface area contributed by atoms with E-state index in [1.165, 1.54) is 0 Å². The first kappa shape index (κ1) is 12.7. The molecule has 1 aliphatic heterocycles. The molecule has 1 saturated heterocycles. The molecule has 0 aromatic heterocycles. The summed E-state index contributed by atoms with van der Waals surface area (Å²) in [5.74, 6) is 0.404. The standard InChI is InChI=1S/C5H10O2S.C3H6O2/c1-2-7-5(6)3-4-8;4-1-3-2-5-3/h8H,2-4H2,1H3;3-4H,1-2H2. The number of ether oxygens (including phenoxy) is 2. The maximum Gasteiger partial charge on any atom is 0.306 e. The largest absolute Gasteiger partial charge is 0.466 e. The third-order valence-corrected chi connectivity index (χ3v) is 1.45. The summed E-state index contributed by atoms with van der Waals surface area (Å²) in [5, 5.41) is 8.08. The van der Waals surface area contributed by atoms with Crippen molar-refractivity contribution in [3.63, 3.8) is 0 Å². The molecule has 1 heterocycles. The lowest BCUT2D eigenvalue weighted by molar-refractivity contribution is -0.142. The van der Waals surface area contributed by atoms with Crippen LogP contribution >= 0.6 is 12.6 Å². The van der Waals surface area contributed by atoms with E-state index in [0.717, 1.165) is 6.61 Å². The molecule has 0 aliphatic carbocycles. The predicted molar refractivity (Wildman–Crippen MR) is 51.9 cm³/mol. The van der Waals surface area contributed by atoms with E-state index in [1.54, 1.807) is 6.92 Å². The Hall–Kier alpha value is -0.260. The zero-order valence-electron chi connectivity index (χ0n) is 7.73. The van der Waals surface area contributed by atoms with Crippen LogP contribution in [-0.4, -0.2) is 42.8 Å². The lowest BCUT2D eigenvalue weighted by Crippen LogP contribution is -2.03. The lowest BCUT2D eigenvalue weighted by atomic mass is 10.5. The fraction of sp³-hybridized carbons (Fsp3) is 0.875. The second kappa shape index (κ2) is 8.34. The third-order valence-electron chi connectivity index (χ3n) is 1.23. The second-order valence-electron chi connectivity index (χ2n) is 2.42. The van der Waals surface area contributed by atoms with E-state index in [0.29, 0.717) is 18.8 Å². The van der Waals surface area contributed by atoms with Crippen LogP contribution in [0.1, 0.15) is 13.3 Å². The van der Waals surface area contributed by atoms with Crippen molar-refractivity contribution in [3.8, 4) is 0 Å². The number of hydrogen-bond acceptors (Lipinski definition) is 5. The average molecular weight is 208 g/mol. The van der Waals surface area contributed by atoms with Gasteiger partial charge < -0.3 is 14.6 Å². The van der Waals surface area contributed by atoms with Crippen LogP contribution < -0.4 is 0 Å². The van der Waals surface area contributed by atoms with Gasteiger partial charge in [-0.05, 0) is 6.92 Å². The topological polar surface area (TPSA) is 59.1 Å². The highest BCUT2D eigenvalue weighted by Crippen LogP contribution is 2.04. The Labute approximate surface area is 83.6 Å². The summed E-state index contributed by atoms with van der Waals surface area (Å²) < 4.78 is 9.20. The van der Waals surface area contributed by atoms with Crippen molar-refractivity contribution in [2.45, 2.75) is 19.4 Å². The number of thiol groups is 1. The van der Waals surface area contributed by atoms with Crippen LogP contribution in [-0.2, 0) is 14.3 Å². The highest BCUT2D eigenvalue weighted by Gasteiger charge is 2.19. The van der Waals surface area contributed by atoms with Gasteiger partial charge in [0.2, 0.25) is 0 Å². The number of epoxide rings is 1. The zero-order valence-corrected chi connectivity index (χ0v) is 8.63. The van der Waals surface area contributed by atoms with Crippen LogP contribution in [0.5, 0.6) is 0 Å². The fourth-order valence-corrected chi connectivity index (χ4v) is 0.680. The van der Waals surface area contributed by atoms with Gasteiger partial charge in [0, 0.05) is 5.75 Å². The van der Waals surface area contributed by atoms with Gasteiger partial charge in [0.25, 0.3) is 0 Å². The van der Waals surface area contributed by atoms with Crippen LogP contribution in [0.3, 0.4) is 0 Å². The number of esters is 1. The third kappa shape index (κ3) is 9.66. The molecule has 1 atom stereocenters. The highest BCUT2D eigenvalue weighted by atomic mass is 32.1. The minimum atomic E-state index is -0.164. The highest BCUT2D eigenvalue weighted by molar-refractivity contribution is 7.80. The van der Waals surface area contributed by atoms with Gasteiger partial charge in [-0.1, -0.05) is 0 Å². The minimum absolute atomic E-state index is 0.164. The summed E-state index contributed by atoms with van der Waals surface area (Å²) in [6.45, 7) is 3.21. The second-order valence-corrected chi connectivity index (χ2v) is 2.86. The SMILES string of the molecule is CCOC(=O)CCS.OCC1CO1. The maximum atomic E-state index is 10.4. The molecule has 0 spiro atoms. The van der Waals surface area contributed by atoms with Gasteiger partial charge in [-0.25, -0.2) is 0 Å². The molecule has 0 bridgehead atoms. The normalized spacial score (nSPS) is 18.5. The molecule has 1 unspecified atom stereocenters. The van der Waals surface area contributed by atoms with Crippen molar-refractivity contribution in [3.05, 3.63) is 0 Å². The van der Waals surface area contributed by atoms with Crippen molar-refractivity contribution >= 4 is 18.6 Å². The van der Waals surface area contributed by atoms with E-state index in [9.17, 15) is 4.79 Å². The summed E-state index contributed by atoms with van der Waals surface area (Å²) in [5.41, 5.74) is 0. The Kier molecular flexibility index (Phi) is 8.18. The zero-order chi connectivity index (χ0) is 10.1. The van der Waals surface area contributed by atoms with Gasteiger partial charge in [0.1, 0.15) is 6.10 Å². The molecule has 13 heavy (non-hydrogen) atoms. The number of aliphatic hydroxyl groups is 1. The van der Waals surface area contributed by atoms with E-state index < -0.39 is 0 Å². The van der Waals surface area contributed by atoms with Crippen LogP contribution in [0, 0.1) is 0 Å². The van der Waals surface area contributed by atoms with Gasteiger partial charge in [-0.15, -0.1) is 0 Å². The van der Waals surface area contributed by atoms with Crippen molar-refractivity contribution in [1.82, 2.24) is 0 Å². The van der Waals surface area contributed by atoms with E-state index in [4.69, 9.17) is 5.11 Å². The lowest BCUT2D eigenvalue weighted by Gasteiger charge is -1.96. The Morgan fingerprint density at radius 2 is 2.38 bits per heavy atom. The summed E-state index contributed by atoms with van der Waals surface area (Å²) >= 11 is 3.85. The van der Waals surface area contributed by atoms with Crippen molar-refractivity contribution < 1.29 is 19.4 Å². The van der Waals surface area contributed by atoms with Gasteiger partial charge in [0.15, 0.2) is 0 Å². The summed E-state index contributed by atoms with van der Waals surface area (Å²) in [6, 6.07) is 0. The van der Waals surface area contributed by atoms with E-state index >= 15 is 0 Å². The van der Waals surface area contributed by atoms with E-state index in [1.807, 2.05) is 0 Å². The summed E-state index contributed by atoms with van der Waals surface area (Å²) in [7, 11) is 0. The summed E-state index contributed by atoms with van der Waals surface area (Å²) in [4.78, 5) is 10.4. The minimum Gasteiger partial charge on any atom is -0.466 e. The molecule has 1 fully saturated rings. The summed E-state index contributed by atoms with van der Waals surface area (Å²) in [6.07, 6.45) is 0.603. The van der Waals surface area contributed by atoms with Crippen LogP contribution in [0.2, 0.25) is 0 Å². The molecule has 78 valence electrons. The molecule has 0 aromatic carbocycles. The number of aliphatic hydroxyl groups excluding tert-OH is 1. The van der Waals surface area contributed by atoms with Gasteiger partial charge in [-0.3, -0.25) is 4.79 Å². The smallest absolute Gasteiger partial charge is 0.306 e. The van der Waals surface area contributed by atoms with Crippen molar-refractivity contribution in [1.29, 1.82) is 0 Å². The van der Waals surface area contributed by atoms with Gasteiger partial charge in [0.05, 0.1) is 26.2 Å². The predicted octanol–water partition coefficient (Wildman–Crippen LogP) is 0.247. The Bertz CT molecular complexity index is 128. The molecule has 0 saturated carbocycles. The van der Waals surface area contributed by atoms with Crippen LogP contribution in [0.25, 0.3) is 0 Å². The number of carbonyl (C=O) groups excluding carboxylic acids is 1. The molecule has 0 amide bonds. The molecule has 1 N–H and O–H groups in total. The maximum absolute atomic E-state index is 10.4. The molecular weight excluding hydrogens is 192 g/mol. The first-order valence-corrected chi connectivity index (χ1v) is 4.86. The van der Waals surface area contributed by atoms with E-state index in [-0.39, 0.29) is 18.7 Å². The van der Waals surface area contributed by atoms with Crippen molar-refractivity contribution in [2.24, 2.45) is 0 Å². The number of hydrogen-bond donors (Lipinski definition) is 2. The molecular formula is C8H16O4S. The Morgan fingerprint density at radius 1 is 1.77 bits per heavy atom. The quantitative estimate of drug-likeness (QED) is 0.395. The molecule has 1 aliphatic rings. The number of carbonyl (C=O) groups is 1. The van der Waals surface area contributed by atoms with Gasteiger partial charge in [-0.2, -0.15) is 12.6 Å². The van der Waals surface area contributed by atoms with Crippen LogP contribution in [0.15, 0.2) is 0 Å². The van der Waals surface area contributed by atoms with Crippen LogP contribution in [0.4, 0.5) is 0 Å². The van der Waals surface area contributed by atoms with E-state index in [2.05, 4.69) is 22.1 Å². The first-order valence-electron chi connectivity index (χ1n) is 4.23. The molecule has 1 rings (SSSR count). The van der Waals surface area contributed by atoms with Gasteiger partial charge >= 0.3 is 5.97 Å². The first-order chi connectivity index (χ1) is 6.24. The number of rotatable bonds is 4. The Morgan fingerprint density at radius 3 is 2.62 bits per heavy atom. The fourth-order valence-electron chi connectivity index (χ4n) is 0.498. The molecule has 4 nitrogen and oxygen atoms in total. The monoisotopic (exact) mass is 208 g/mol. The van der Waals surface area contributed by atoms with Crippen molar-refractivity contribution in [2.75, 3.05) is 25.6 Å². The average Bonchev–Trinajstić information content (AvgIpc) is 2.88. The molecule has 0 radical (unpaired) electrons. The molecule has 0 aromatic rings.